The highest BCUT2D eigenvalue weighted by Crippen LogP contribution is 2.28. The molecule has 1 amide bonds. The number of rotatable bonds is 21. The molecule has 10 heteroatoms. The van der Waals surface area contributed by atoms with Crippen LogP contribution in [0, 0.1) is 11.3 Å². The second kappa shape index (κ2) is 20.8. The maximum absolute atomic E-state index is 12.7. The lowest BCUT2D eigenvalue weighted by atomic mass is 9.98. The SMILES string of the molecule is COCCOCCOCCOCCOCCOCCNC(=O)/C(C#N)=C(\C)c1ccc2cc(N3CCCCC3)ccc2c1. The summed E-state index contributed by atoms with van der Waals surface area (Å²) in [6.07, 6.45) is 3.78. The van der Waals surface area contributed by atoms with Crippen LogP contribution in [-0.4, -0.2) is 105 Å². The lowest BCUT2D eigenvalue weighted by Crippen LogP contribution is -2.29. The molecule has 1 heterocycles. The minimum Gasteiger partial charge on any atom is -0.382 e. The molecule has 0 saturated carbocycles. The predicted octanol–water partition coefficient (Wildman–Crippen LogP) is 3.97. The molecule has 10 nitrogen and oxygen atoms in total. The quantitative estimate of drug-likeness (QED) is 0.130. The van der Waals surface area contributed by atoms with Crippen molar-refractivity contribution >= 4 is 27.9 Å². The van der Waals surface area contributed by atoms with E-state index < -0.39 is 5.91 Å². The van der Waals surface area contributed by atoms with Gasteiger partial charge in [0.2, 0.25) is 0 Å². The zero-order chi connectivity index (χ0) is 30.5. The van der Waals surface area contributed by atoms with Gasteiger partial charge in [-0.3, -0.25) is 4.79 Å². The van der Waals surface area contributed by atoms with Crippen LogP contribution in [0.5, 0.6) is 0 Å². The Balaban J connectivity index is 1.27. The molecular formula is C33H47N3O7. The highest BCUT2D eigenvalue weighted by Gasteiger charge is 2.15. The van der Waals surface area contributed by atoms with Crippen molar-refractivity contribution < 1.29 is 33.2 Å². The van der Waals surface area contributed by atoms with Crippen LogP contribution >= 0.6 is 0 Å². The second-order valence-corrected chi connectivity index (χ2v) is 10.2. The summed E-state index contributed by atoms with van der Waals surface area (Å²) in [6, 6.07) is 14.7. The Morgan fingerprint density at radius 3 is 1.88 bits per heavy atom. The van der Waals surface area contributed by atoms with Gasteiger partial charge in [-0.25, -0.2) is 0 Å². The molecule has 0 unspecified atom stereocenters. The fraction of sp³-hybridized carbons (Fsp3) is 0.576. The van der Waals surface area contributed by atoms with Gasteiger partial charge in [0.25, 0.3) is 5.91 Å². The highest BCUT2D eigenvalue weighted by atomic mass is 16.6. The molecule has 1 N–H and O–H groups in total. The van der Waals surface area contributed by atoms with E-state index in [9.17, 15) is 10.1 Å². The maximum Gasteiger partial charge on any atom is 0.262 e. The number of hydrogen-bond acceptors (Lipinski definition) is 9. The summed E-state index contributed by atoms with van der Waals surface area (Å²) in [6.45, 7) is 9.63. The van der Waals surface area contributed by atoms with Crippen LogP contribution in [0.3, 0.4) is 0 Å². The van der Waals surface area contributed by atoms with Crippen LogP contribution < -0.4 is 10.2 Å². The first kappa shape index (κ1) is 34.5. The minimum absolute atomic E-state index is 0.105. The topological polar surface area (TPSA) is 112 Å². The van der Waals surface area contributed by atoms with E-state index in [1.54, 1.807) is 7.11 Å². The monoisotopic (exact) mass is 597 g/mol. The predicted molar refractivity (Wildman–Crippen MR) is 167 cm³/mol. The largest absolute Gasteiger partial charge is 0.382 e. The van der Waals surface area contributed by atoms with Crippen molar-refractivity contribution in [3.8, 4) is 6.07 Å². The van der Waals surface area contributed by atoms with E-state index in [-0.39, 0.29) is 5.57 Å². The number of hydrogen-bond donors (Lipinski definition) is 1. The number of fused-ring (bicyclic) bond motifs is 1. The number of nitriles is 1. The molecule has 0 aromatic heterocycles. The first-order valence-corrected chi connectivity index (χ1v) is 15.2. The van der Waals surface area contributed by atoms with Gasteiger partial charge in [-0.1, -0.05) is 18.2 Å². The van der Waals surface area contributed by atoms with Crippen molar-refractivity contribution in [3.05, 3.63) is 47.5 Å². The van der Waals surface area contributed by atoms with E-state index in [4.69, 9.17) is 28.4 Å². The normalized spacial score (nSPS) is 14.0. The van der Waals surface area contributed by atoms with E-state index in [0.29, 0.717) is 84.8 Å². The summed E-state index contributed by atoms with van der Waals surface area (Å²) in [4.78, 5) is 15.2. The number of methoxy groups -OCH3 is 1. The van der Waals surface area contributed by atoms with Crippen molar-refractivity contribution in [2.45, 2.75) is 26.2 Å². The third kappa shape index (κ3) is 12.6. The molecule has 0 radical (unpaired) electrons. The Kier molecular flexibility index (Phi) is 16.7. The van der Waals surface area contributed by atoms with Gasteiger partial charge in [-0.05, 0) is 66.3 Å². The number of nitrogens with zero attached hydrogens (tertiary/aromatic N) is 2. The van der Waals surface area contributed by atoms with Crippen LogP contribution in [0.15, 0.2) is 42.0 Å². The third-order valence-corrected chi connectivity index (χ3v) is 7.14. The van der Waals surface area contributed by atoms with E-state index in [2.05, 4.69) is 40.6 Å². The van der Waals surface area contributed by atoms with Crippen LogP contribution in [0.2, 0.25) is 0 Å². The maximum atomic E-state index is 12.7. The summed E-state index contributed by atoms with van der Waals surface area (Å²) in [5, 5.41) is 14.7. The van der Waals surface area contributed by atoms with Crippen molar-refractivity contribution in [1.82, 2.24) is 5.32 Å². The number of carbonyl (C=O) groups excluding carboxylic acids is 1. The Hall–Kier alpha value is -3.04. The minimum atomic E-state index is -0.403. The van der Waals surface area contributed by atoms with Gasteiger partial charge >= 0.3 is 0 Å². The molecule has 1 fully saturated rings. The van der Waals surface area contributed by atoms with E-state index >= 15 is 0 Å². The number of amides is 1. The van der Waals surface area contributed by atoms with Crippen molar-refractivity contribution in [2.24, 2.45) is 0 Å². The summed E-state index contributed by atoms with van der Waals surface area (Å²) >= 11 is 0. The van der Waals surface area contributed by atoms with Crippen molar-refractivity contribution in [1.29, 1.82) is 5.26 Å². The zero-order valence-corrected chi connectivity index (χ0v) is 25.7. The second-order valence-electron chi connectivity index (χ2n) is 10.2. The average Bonchev–Trinajstić information content (AvgIpc) is 3.04. The number of nitrogens with one attached hydrogen (secondary N) is 1. The zero-order valence-electron chi connectivity index (χ0n) is 25.7. The van der Waals surface area contributed by atoms with Crippen LogP contribution in [0.25, 0.3) is 16.3 Å². The van der Waals surface area contributed by atoms with Gasteiger partial charge in [0.05, 0.1) is 72.7 Å². The van der Waals surface area contributed by atoms with Gasteiger partial charge in [0, 0.05) is 32.4 Å². The average molecular weight is 598 g/mol. The van der Waals surface area contributed by atoms with E-state index in [1.165, 1.54) is 24.9 Å². The summed E-state index contributed by atoms with van der Waals surface area (Å²) in [7, 11) is 1.64. The fourth-order valence-electron chi connectivity index (χ4n) is 4.71. The first-order valence-electron chi connectivity index (χ1n) is 15.2. The number of allylic oxidation sites excluding steroid dienone is 1. The lowest BCUT2D eigenvalue weighted by Gasteiger charge is -2.29. The van der Waals surface area contributed by atoms with Gasteiger partial charge in [0.15, 0.2) is 0 Å². The molecule has 0 bridgehead atoms. The molecule has 43 heavy (non-hydrogen) atoms. The van der Waals surface area contributed by atoms with Gasteiger partial charge in [-0.15, -0.1) is 0 Å². The summed E-state index contributed by atoms with van der Waals surface area (Å²) in [5.74, 6) is -0.403. The molecule has 3 rings (SSSR count). The first-order chi connectivity index (χ1) is 21.1. The molecular weight excluding hydrogens is 550 g/mol. The van der Waals surface area contributed by atoms with Gasteiger partial charge in [0.1, 0.15) is 11.6 Å². The van der Waals surface area contributed by atoms with Crippen LogP contribution in [0.1, 0.15) is 31.7 Å². The van der Waals surface area contributed by atoms with Crippen LogP contribution in [0.4, 0.5) is 5.69 Å². The number of ether oxygens (including phenoxy) is 6. The number of benzene rings is 2. The molecule has 2 aromatic rings. The molecule has 1 aliphatic heterocycles. The third-order valence-electron chi connectivity index (χ3n) is 7.14. The summed E-state index contributed by atoms with van der Waals surface area (Å²) in [5.41, 5.74) is 2.87. The Labute approximate surface area is 255 Å². The van der Waals surface area contributed by atoms with E-state index in [0.717, 1.165) is 29.4 Å². The van der Waals surface area contributed by atoms with Gasteiger partial charge < -0.3 is 38.6 Å². The smallest absolute Gasteiger partial charge is 0.262 e. The Bertz CT molecular complexity index is 1170. The number of piperidine rings is 1. The molecule has 236 valence electrons. The number of anilines is 1. The number of carbonyl (C=O) groups is 1. The Morgan fingerprint density at radius 1 is 0.767 bits per heavy atom. The molecule has 0 spiro atoms. The molecule has 0 atom stereocenters. The van der Waals surface area contributed by atoms with E-state index in [1.807, 2.05) is 19.1 Å². The van der Waals surface area contributed by atoms with Crippen molar-refractivity contribution in [3.63, 3.8) is 0 Å². The molecule has 2 aromatic carbocycles. The molecule has 1 saturated heterocycles. The van der Waals surface area contributed by atoms with Crippen molar-refractivity contribution in [2.75, 3.05) is 104 Å². The van der Waals surface area contributed by atoms with Gasteiger partial charge in [-0.2, -0.15) is 5.26 Å². The van der Waals surface area contributed by atoms with Crippen LogP contribution in [-0.2, 0) is 33.2 Å². The highest BCUT2D eigenvalue weighted by molar-refractivity contribution is 6.05. The Morgan fingerprint density at radius 2 is 1.30 bits per heavy atom. The fourth-order valence-corrected chi connectivity index (χ4v) is 4.71. The lowest BCUT2D eigenvalue weighted by molar-refractivity contribution is -0.117. The molecule has 0 aliphatic carbocycles. The molecule has 1 aliphatic rings. The summed E-state index contributed by atoms with van der Waals surface area (Å²) < 4.78 is 32.1. The standard InChI is InChI=1S/C33H47N3O7/c1-27(28-6-7-30-25-31(9-8-29(30)24-28)36-11-4-3-5-12-36)32(26-34)33(37)35-10-13-39-16-17-41-20-21-43-23-22-42-19-18-40-15-14-38-2/h6-9,24-25H,3-5,10-23H2,1-2H3,(H,35,37)/b32-27+.